The van der Waals surface area contributed by atoms with E-state index in [1.165, 1.54) is 12.1 Å². The lowest BCUT2D eigenvalue weighted by atomic mass is 10.1. The molecule has 2 rings (SSSR count). The molecule has 0 spiro atoms. The van der Waals surface area contributed by atoms with E-state index >= 15 is 0 Å². The monoisotopic (exact) mass is 334 g/mol. The summed E-state index contributed by atoms with van der Waals surface area (Å²) in [6.07, 6.45) is 1.26. The first kappa shape index (κ1) is 11.5. The lowest BCUT2D eigenvalue weighted by Gasteiger charge is -2.03. The predicted molar refractivity (Wildman–Crippen MR) is 65.4 cm³/mol. The van der Waals surface area contributed by atoms with Gasteiger partial charge in [-0.25, -0.2) is 8.78 Å². The molecule has 0 saturated carbocycles. The second-order valence-electron chi connectivity index (χ2n) is 3.40. The first-order valence-electron chi connectivity index (χ1n) is 4.70. The number of benzene rings is 1. The van der Waals surface area contributed by atoms with Gasteiger partial charge in [0.15, 0.2) is 0 Å². The van der Waals surface area contributed by atoms with Crippen molar-refractivity contribution < 1.29 is 8.78 Å². The highest BCUT2D eigenvalue weighted by Crippen LogP contribution is 2.18. The molecule has 0 atom stereocenters. The van der Waals surface area contributed by atoms with Crippen molar-refractivity contribution in [3.63, 3.8) is 0 Å². The van der Waals surface area contributed by atoms with Gasteiger partial charge in [-0.2, -0.15) is 5.10 Å². The van der Waals surface area contributed by atoms with Crippen molar-refractivity contribution in [2.24, 2.45) is 0 Å². The van der Waals surface area contributed by atoms with Crippen molar-refractivity contribution in [3.05, 3.63) is 51.4 Å². The molecule has 0 amide bonds. The fourth-order valence-electron chi connectivity index (χ4n) is 1.38. The van der Waals surface area contributed by atoms with Crippen LogP contribution in [0.3, 0.4) is 0 Å². The van der Waals surface area contributed by atoms with Crippen molar-refractivity contribution in [2.45, 2.75) is 13.0 Å². The van der Waals surface area contributed by atoms with Crippen LogP contribution in [0.25, 0.3) is 0 Å². The van der Waals surface area contributed by atoms with Gasteiger partial charge < -0.3 is 0 Å². The van der Waals surface area contributed by atoms with Crippen molar-refractivity contribution in [1.29, 1.82) is 0 Å². The minimum absolute atomic E-state index is 0.0544. The zero-order valence-corrected chi connectivity index (χ0v) is 10.4. The molecule has 0 unspecified atom stereocenters. The molecule has 2 aromatic rings. The molecule has 1 aromatic heterocycles. The average molecular weight is 334 g/mol. The minimum atomic E-state index is -2.40. The highest BCUT2D eigenvalue weighted by molar-refractivity contribution is 14.1. The lowest BCUT2D eigenvalue weighted by Crippen LogP contribution is -1.99. The van der Waals surface area contributed by atoms with E-state index in [1.807, 2.05) is 6.20 Å². The Kier molecular flexibility index (Phi) is 3.52. The molecule has 5 heteroatoms. The maximum atomic E-state index is 12.3. The Morgan fingerprint density at radius 1 is 1.25 bits per heavy atom. The van der Waals surface area contributed by atoms with Gasteiger partial charge in [0.05, 0.1) is 16.3 Å². The molecule has 0 aliphatic carbocycles. The summed E-state index contributed by atoms with van der Waals surface area (Å²) in [6.45, 7) is 0.604. The molecule has 0 N–H and O–H groups in total. The quantitative estimate of drug-likeness (QED) is 0.786. The molecule has 0 fully saturated rings. The normalized spacial score (nSPS) is 11.0. The van der Waals surface area contributed by atoms with Crippen molar-refractivity contribution in [2.75, 3.05) is 0 Å². The Balaban J connectivity index is 2.11. The van der Waals surface area contributed by atoms with Gasteiger partial charge in [-0.3, -0.25) is 4.68 Å². The molecule has 0 bridgehead atoms. The van der Waals surface area contributed by atoms with E-state index in [-0.39, 0.29) is 5.56 Å². The third kappa shape index (κ3) is 2.78. The third-order valence-electron chi connectivity index (χ3n) is 2.18. The van der Waals surface area contributed by atoms with Crippen molar-refractivity contribution in [3.8, 4) is 0 Å². The molecule has 0 aliphatic heterocycles. The zero-order chi connectivity index (χ0) is 11.5. The van der Waals surface area contributed by atoms with E-state index in [2.05, 4.69) is 27.7 Å². The van der Waals surface area contributed by atoms with E-state index in [4.69, 9.17) is 0 Å². The smallest absolute Gasteiger partial charge is 0.263 e. The fourth-order valence-corrected chi connectivity index (χ4v) is 1.83. The van der Waals surface area contributed by atoms with Crippen LogP contribution in [0.2, 0.25) is 0 Å². The highest BCUT2D eigenvalue weighted by Gasteiger charge is 2.06. The van der Waals surface area contributed by atoms with Crippen LogP contribution < -0.4 is 0 Å². The van der Waals surface area contributed by atoms with Crippen LogP contribution in [0.5, 0.6) is 0 Å². The van der Waals surface area contributed by atoms with E-state index < -0.39 is 6.43 Å². The van der Waals surface area contributed by atoms with Gasteiger partial charge in [-0.05, 0) is 28.2 Å². The second kappa shape index (κ2) is 4.90. The van der Waals surface area contributed by atoms with E-state index in [0.717, 1.165) is 9.13 Å². The summed E-state index contributed by atoms with van der Waals surface area (Å²) in [5.74, 6) is 0. The van der Waals surface area contributed by atoms with Crippen LogP contribution in [-0.4, -0.2) is 9.78 Å². The molecule has 0 aliphatic rings. The number of rotatable bonds is 3. The predicted octanol–water partition coefficient (Wildman–Crippen LogP) is 3.47. The molecule has 0 saturated heterocycles. The van der Waals surface area contributed by atoms with Crippen LogP contribution >= 0.6 is 22.6 Å². The van der Waals surface area contributed by atoms with Gasteiger partial charge in [0.25, 0.3) is 6.43 Å². The van der Waals surface area contributed by atoms with Crippen LogP contribution in [0.4, 0.5) is 8.78 Å². The summed E-state index contributed by atoms with van der Waals surface area (Å²) in [5.41, 5.74) is 1.02. The summed E-state index contributed by atoms with van der Waals surface area (Å²) >= 11 is 2.17. The number of hydrogen-bond acceptors (Lipinski definition) is 1. The summed E-state index contributed by atoms with van der Waals surface area (Å²) in [4.78, 5) is 0. The number of nitrogens with zero attached hydrogens (tertiary/aromatic N) is 2. The second-order valence-corrected chi connectivity index (χ2v) is 4.64. The van der Waals surface area contributed by atoms with Crippen LogP contribution in [0, 0.1) is 3.57 Å². The van der Waals surface area contributed by atoms with Crippen LogP contribution in [0.15, 0.2) is 36.7 Å². The first-order chi connectivity index (χ1) is 7.65. The van der Waals surface area contributed by atoms with Gasteiger partial charge in [0, 0.05) is 11.8 Å². The van der Waals surface area contributed by atoms with Crippen LogP contribution in [0.1, 0.15) is 17.6 Å². The molecule has 1 heterocycles. The molecule has 16 heavy (non-hydrogen) atoms. The number of halogens is 3. The largest absolute Gasteiger partial charge is 0.267 e. The van der Waals surface area contributed by atoms with Gasteiger partial charge >= 0.3 is 0 Å². The average Bonchev–Trinajstić information content (AvgIpc) is 2.65. The summed E-state index contributed by atoms with van der Waals surface area (Å²) < 4.78 is 27.5. The Morgan fingerprint density at radius 3 is 2.44 bits per heavy atom. The molecule has 84 valence electrons. The lowest BCUT2D eigenvalue weighted by molar-refractivity contribution is 0.151. The highest BCUT2D eigenvalue weighted by atomic mass is 127. The summed E-state index contributed by atoms with van der Waals surface area (Å²) in [6, 6.07) is 6.31. The Hall–Kier alpha value is -0.980. The first-order valence-corrected chi connectivity index (χ1v) is 5.78. The maximum Gasteiger partial charge on any atom is 0.263 e. The topological polar surface area (TPSA) is 17.8 Å². The van der Waals surface area contributed by atoms with E-state index in [0.29, 0.717) is 6.54 Å². The van der Waals surface area contributed by atoms with Gasteiger partial charge in [0.2, 0.25) is 0 Å². The summed E-state index contributed by atoms with van der Waals surface area (Å²) in [7, 11) is 0. The number of aromatic nitrogens is 2. The standard InChI is InChI=1S/C11H9F2IN2/c12-11(13)9-3-1-8(2-4-9)6-16-7-10(14)5-15-16/h1-5,7,11H,6H2. The SMILES string of the molecule is FC(F)c1ccc(Cn2cc(I)cn2)cc1. The van der Waals surface area contributed by atoms with Crippen LogP contribution in [-0.2, 0) is 6.54 Å². The summed E-state index contributed by atoms with van der Waals surface area (Å²) in [5, 5.41) is 4.13. The van der Waals surface area contributed by atoms with Gasteiger partial charge in [-0.15, -0.1) is 0 Å². The van der Waals surface area contributed by atoms with E-state index in [1.54, 1.807) is 23.0 Å². The van der Waals surface area contributed by atoms with Crippen molar-refractivity contribution >= 4 is 22.6 Å². The molecule has 0 radical (unpaired) electrons. The van der Waals surface area contributed by atoms with E-state index in [9.17, 15) is 8.78 Å². The number of hydrogen-bond donors (Lipinski definition) is 0. The zero-order valence-electron chi connectivity index (χ0n) is 8.28. The number of alkyl halides is 2. The molecular formula is C11H9F2IN2. The van der Waals surface area contributed by atoms with Gasteiger partial charge in [-0.1, -0.05) is 24.3 Å². The van der Waals surface area contributed by atoms with Gasteiger partial charge in [0.1, 0.15) is 0 Å². The third-order valence-corrected chi connectivity index (χ3v) is 2.74. The minimum Gasteiger partial charge on any atom is -0.267 e. The maximum absolute atomic E-state index is 12.3. The van der Waals surface area contributed by atoms with Crippen molar-refractivity contribution in [1.82, 2.24) is 9.78 Å². The Morgan fingerprint density at radius 2 is 1.94 bits per heavy atom. The Bertz CT molecular complexity index is 465. The fraction of sp³-hybridized carbons (Fsp3) is 0.182. The molecular weight excluding hydrogens is 325 g/mol. The Labute approximate surface area is 105 Å². The molecule has 2 nitrogen and oxygen atoms in total. The molecule has 1 aromatic carbocycles.